The lowest BCUT2D eigenvalue weighted by molar-refractivity contribution is 0.686. The number of hydrogen-bond donors (Lipinski definition) is 1. The van der Waals surface area contributed by atoms with Crippen LogP contribution in [0.25, 0.3) is 0 Å². The van der Waals surface area contributed by atoms with Crippen molar-refractivity contribution in [1.82, 2.24) is 10.3 Å². The third-order valence-corrected chi connectivity index (χ3v) is 4.00. The molecule has 0 atom stereocenters. The Bertz CT molecular complexity index is 483. The van der Waals surface area contributed by atoms with E-state index < -0.39 is 0 Å². The lowest BCUT2D eigenvalue weighted by atomic mass is 10.1. The van der Waals surface area contributed by atoms with E-state index in [1.54, 1.807) is 11.3 Å². The molecule has 0 spiro atoms. The van der Waals surface area contributed by atoms with E-state index in [1.807, 2.05) is 0 Å². The average Bonchev–Trinajstić information content (AvgIpc) is 2.61. The van der Waals surface area contributed by atoms with Crippen LogP contribution in [0.5, 0.6) is 0 Å². The standard InChI is InChI=1S/C14H18N2S/c1-10-6-4-5-7-13(10)8-15-9-14-16-11(2)12(3)17-14/h4-7,15H,8-9H2,1-3H3. The van der Waals surface area contributed by atoms with E-state index in [9.17, 15) is 0 Å². The molecule has 0 radical (unpaired) electrons. The maximum Gasteiger partial charge on any atom is 0.107 e. The second-order valence-electron chi connectivity index (χ2n) is 4.28. The smallest absolute Gasteiger partial charge is 0.107 e. The van der Waals surface area contributed by atoms with Crippen LogP contribution >= 0.6 is 11.3 Å². The predicted octanol–water partition coefficient (Wildman–Crippen LogP) is 3.36. The minimum absolute atomic E-state index is 0.855. The van der Waals surface area contributed by atoms with E-state index in [-0.39, 0.29) is 0 Å². The van der Waals surface area contributed by atoms with Gasteiger partial charge in [-0.1, -0.05) is 24.3 Å². The summed E-state index contributed by atoms with van der Waals surface area (Å²) in [6.07, 6.45) is 0. The Morgan fingerprint density at radius 3 is 2.53 bits per heavy atom. The summed E-state index contributed by atoms with van der Waals surface area (Å²) in [5.74, 6) is 0. The Kier molecular flexibility index (Phi) is 3.92. The molecule has 0 unspecified atom stereocenters. The topological polar surface area (TPSA) is 24.9 Å². The Labute approximate surface area is 107 Å². The van der Waals surface area contributed by atoms with Crippen LogP contribution < -0.4 is 5.32 Å². The molecule has 17 heavy (non-hydrogen) atoms. The molecule has 0 fully saturated rings. The van der Waals surface area contributed by atoms with Crippen molar-refractivity contribution in [2.45, 2.75) is 33.9 Å². The van der Waals surface area contributed by atoms with Gasteiger partial charge in [-0.15, -0.1) is 11.3 Å². The molecule has 1 N–H and O–H groups in total. The first kappa shape index (κ1) is 12.3. The van der Waals surface area contributed by atoms with Crippen LogP contribution in [-0.2, 0) is 13.1 Å². The summed E-state index contributed by atoms with van der Waals surface area (Å²) in [5, 5.41) is 4.62. The second kappa shape index (κ2) is 5.43. The maximum atomic E-state index is 4.52. The van der Waals surface area contributed by atoms with Crippen molar-refractivity contribution in [3.05, 3.63) is 51.0 Å². The quantitative estimate of drug-likeness (QED) is 0.894. The molecule has 3 heteroatoms. The molecule has 0 bridgehead atoms. The van der Waals surface area contributed by atoms with E-state index in [0.717, 1.165) is 18.8 Å². The highest BCUT2D eigenvalue weighted by Gasteiger charge is 2.03. The molecule has 0 amide bonds. The van der Waals surface area contributed by atoms with Gasteiger partial charge in [-0.3, -0.25) is 0 Å². The van der Waals surface area contributed by atoms with Gasteiger partial charge < -0.3 is 5.32 Å². The fourth-order valence-corrected chi connectivity index (χ4v) is 2.63. The average molecular weight is 246 g/mol. The summed E-state index contributed by atoms with van der Waals surface area (Å²) in [7, 11) is 0. The Balaban J connectivity index is 1.90. The van der Waals surface area contributed by atoms with Gasteiger partial charge in [0.1, 0.15) is 5.01 Å². The van der Waals surface area contributed by atoms with Crippen LogP contribution in [0.1, 0.15) is 26.7 Å². The summed E-state index contributed by atoms with van der Waals surface area (Å²) in [4.78, 5) is 5.84. The summed E-state index contributed by atoms with van der Waals surface area (Å²) in [6.45, 7) is 8.10. The van der Waals surface area contributed by atoms with Crippen LogP contribution in [0.15, 0.2) is 24.3 Å². The van der Waals surface area contributed by atoms with Crippen molar-refractivity contribution in [1.29, 1.82) is 0 Å². The lowest BCUT2D eigenvalue weighted by Gasteiger charge is -2.05. The molecular weight excluding hydrogens is 228 g/mol. The highest BCUT2D eigenvalue weighted by atomic mass is 32.1. The monoisotopic (exact) mass is 246 g/mol. The van der Waals surface area contributed by atoms with Crippen LogP contribution in [0, 0.1) is 20.8 Å². The van der Waals surface area contributed by atoms with Crippen molar-refractivity contribution in [2.75, 3.05) is 0 Å². The van der Waals surface area contributed by atoms with Crippen molar-refractivity contribution in [2.24, 2.45) is 0 Å². The van der Waals surface area contributed by atoms with Crippen molar-refractivity contribution in [3.63, 3.8) is 0 Å². The van der Waals surface area contributed by atoms with Gasteiger partial charge in [0.25, 0.3) is 0 Å². The third kappa shape index (κ3) is 3.14. The molecule has 1 aromatic heterocycles. The molecule has 2 nitrogen and oxygen atoms in total. The fraction of sp³-hybridized carbons (Fsp3) is 0.357. The Morgan fingerprint density at radius 1 is 1.12 bits per heavy atom. The summed E-state index contributed by atoms with van der Waals surface area (Å²) in [5.41, 5.74) is 3.85. The van der Waals surface area contributed by atoms with Crippen LogP contribution in [0.2, 0.25) is 0 Å². The predicted molar refractivity (Wildman–Crippen MR) is 73.3 cm³/mol. The van der Waals surface area contributed by atoms with Crippen LogP contribution in [0.3, 0.4) is 0 Å². The van der Waals surface area contributed by atoms with Crippen molar-refractivity contribution in [3.8, 4) is 0 Å². The zero-order valence-corrected chi connectivity index (χ0v) is 11.4. The van der Waals surface area contributed by atoms with Gasteiger partial charge >= 0.3 is 0 Å². The maximum absolute atomic E-state index is 4.52. The van der Waals surface area contributed by atoms with Gasteiger partial charge in [-0.2, -0.15) is 0 Å². The first-order valence-corrected chi connectivity index (χ1v) is 6.66. The van der Waals surface area contributed by atoms with Gasteiger partial charge in [0.05, 0.1) is 5.69 Å². The molecule has 2 aromatic rings. The molecule has 0 saturated heterocycles. The Hall–Kier alpha value is -1.19. The first-order valence-electron chi connectivity index (χ1n) is 5.85. The highest BCUT2D eigenvalue weighted by molar-refractivity contribution is 7.11. The van der Waals surface area contributed by atoms with Crippen molar-refractivity contribution >= 4 is 11.3 Å². The lowest BCUT2D eigenvalue weighted by Crippen LogP contribution is -2.13. The minimum Gasteiger partial charge on any atom is -0.306 e. The zero-order chi connectivity index (χ0) is 12.3. The largest absolute Gasteiger partial charge is 0.306 e. The molecule has 0 aliphatic carbocycles. The second-order valence-corrected chi connectivity index (χ2v) is 5.57. The summed E-state index contributed by atoms with van der Waals surface area (Å²) < 4.78 is 0. The molecular formula is C14H18N2S. The van der Waals surface area contributed by atoms with E-state index in [0.29, 0.717) is 0 Å². The fourth-order valence-electron chi connectivity index (χ4n) is 1.73. The Morgan fingerprint density at radius 2 is 1.88 bits per heavy atom. The SMILES string of the molecule is Cc1ccccc1CNCc1nc(C)c(C)s1. The highest BCUT2D eigenvalue weighted by Crippen LogP contribution is 2.16. The first-order chi connectivity index (χ1) is 8.16. The zero-order valence-electron chi connectivity index (χ0n) is 10.6. The van der Waals surface area contributed by atoms with Gasteiger partial charge in [0.2, 0.25) is 0 Å². The van der Waals surface area contributed by atoms with Gasteiger partial charge in [-0.05, 0) is 31.9 Å². The van der Waals surface area contributed by atoms with Gasteiger partial charge in [-0.25, -0.2) is 4.98 Å². The van der Waals surface area contributed by atoms with Gasteiger partial charge in [0, 0.05) is 18.0 Å². The molecule has 1 aromatic carbocycles. The van der Waals surface area contributed by atoms with E-state index in [4.69, 9.17) is 0 Å². The van der Waals surface area contributed by atoms with Crippen LogP contribution in [0.4, 0.5) is 0 Å². The number of nitrogens with one attached hydrogen (secondary N) is 1. The third-order valence-electron chi connectivity index (χ3n) is 2.93. The van der Waals surface area contributed by atoms with Crippen molar-refractivity contribution < 1.29 is 0 Å². The van der Waals surface area contributed by atoms with E-state index in [1.165, 1.54) is 21.0 Å². The normalized spacial score (nSPS) is 10.8. The number of hydrogen-bond acceptors (Lipinski definition) is 3. The number of aryl methyl sites for hydroxylation is 3. The number of benzene rings is 1. The van der Waals surface area contributed by atoms with E-state index in [2.05, 4.69) is 55.3 Å². The van der Waals surface area contributed by atoms with Crippen LogP contribution in [-0.4, -0.2) is 4.98 Å². The molecule has 1 heterocycles. The molecule has 0 aliphatic heterocycles. The molecule has 0 saturated carbocycles. The number of thiazole rings is 1. The van der Waals surface area contributed by atoms with Gasteiger partial charge in [0.15, 0.2) is 0 Å². The van der Waals surface area contributed by atoms with E-state index >= 15 is 0 Å². The summed E-state index contributed by atoms with van der Waals surface area (Å²) in [6, 6.07) is 8.48. The number of nitrogens with zero attached hydrogens (tertiary/aromatic N) is 1. The number of rotatable bonds is 4. The molecule has 0 aliphatic rings. The summed E-state index contributed by atoms with van der Waals surface area (Å²) >= 11 is 1.78. The molecule has 2 rings (SSSR count). The minimum atomic E-state index is 0.855. The number of aromatic nitrogens is 1. The molecule has 90 valence electrons.